The van der Waals surface area contributed by atoms with Gasteiger partial charge in [-0.25, -0.2) is 22.9 Å². The van der Waals surface area contributed by atoms with E-state index < -0.39 is 21.9 Å². The number of hydrogen-bond donors (Lipinski definition) is 2. The highest BCUT2D eigenvalue weighted by atomic mass is 32.2. The van der Waals surface area contributed by atoms with Crippen molar-refractivity contribution in [2.24, 2.45) is 0 Å². The second-order valence-corrected chi connectivity index (χ2v) is 8.22. The highest BCUT2D eigenvalue weighted by molar-refractivity contribution is 7.89. The number of aryl methyl sites for hydroxylation is 1. The fraction of sp³-hybridized carbons (Fsp3) is 0.350. The first-order valence-corrected chi connectivity index (χ1v) is 10.7. The molecule has 1 aromatic heterocycles. The molecule has 1 amide bonds. The molecule has 9 nitrogen and oxygen atoms in total. The standard InChI is InChI=1S/C20H25N3O6S/c1-5-29-20(25)17-10-11-18(21-14(17)3)19(24)22-15-6-8-16(9-7-15)30(26,27)23-13(2)12-28-4/h6-11,13,23H,5,12H2,1-4H3,(H,22,24). The third kappa shape index (κ3) is 6.09. The first kappa shape index (κ1) is 23.5. The fourth-order valence-corrected chi connectivity index (χ4v) is 3.87. The van der Waals surface area contributed by atoms with E-state index in [0.29, 0.717) is 11.4 Å². The van der Waals surface area contributed by atoms with Crippen molar-refractivity contribution in [2.75, 3.05) is 25.6 Å². The Morgan fingerprint density at radius 2 is 1.80 bits per heavy atom. The molecule has 1 atom stereocenters. The number of carbonyl (C=O) groups is 2. The molecule has 0 bridgehead atoms. The third-order valence-corrected chi connectivity index (χ3v) is 5.61. The Balaban J connectivity index is 2.09. The molecule has 0 aliphatic carbocycles. The minimum Gasteiger partial charge on any atom is -0.462 e. The Labute approximate surface area is 175 Å². The first-order chi connectivity index (χ1) is 14.2. The SMILES string of the molecule is CCOC(=O)c1ccc(C(=O)Nc2ccc(S(=O)(=O)NC(C)COC)cc2)nc1C. The normalized spacial score (nSPS) is 12.3. The number of amides is 1. The molecule has 30 heavy (non-hydrogen) atoms. The highest BCUT2D eigenvalue weighted by Gasteiger charge is 2.18. The van der Waals surface area contributed by atoms with Crippen molar-refractivity contribution in [3.8, 4) is 0 Å². The summed E-state index contributed by atoms with van der Waals surface area (Å²) in [6, 6.07) is 8.26. The number of nitrogens with one attached hydrogen (secondary N) is 2. The summed E-state index contributed by atoms with van der Waals surface area (Å²) >= 11 is 0. The molecule has 1 unspecified atom stereocenters. The number of anilines is 1. The second-order valence-electron chi connectivity index (χ2n) is 6.51. The maximum Gasteiger partial charge on any atom is 0.339 e. The second kappa shape index (κ2) is 10.3. The summed E-state index contributed by atoms with van der Waals surface area (Å²) in [4.78, 5) is 28.5. The van der Waals surface area contributed by atoms with Gasteiger partial charge in [0.25, 0.3) is 5.91 Å². The topological polar surface area (TPSA) is 124 Å². The molecule has 2 rings (SSSR count). The van der Waals surface area contributed by atoms with Crippen molar-refractivity contribution in [1.29, 1.82) is 0 Å². The molecule has 162 valence electrons. The molecule has 1 aromatic carbocycles. The van der Waals surface area contributed by atoms with E-state index in [9.17, 15) is 18.0 Å². The Morgan fingerprint density at radius 1 is 1.13 bits per heavy atom. The van der Waals surface area contributed by atoms with Crippen molar-refractivity contribution in [3.63, 3.8) is 0 Å². The summed E-state index contributed by atoms with van der Waals surface area (Å²) in [6.45, 7) is 5.50. The van der Waals surface area contributed by atoms with Crippen LogP contribution in [0.25, 0.3) is 0 Å². The molecule has 2 aromatic rings. The Kier molecular flexibility index (Phi) is 8.04. The van der Waals surface area contributed by atoms with E-state index in [1.807, 2.05) is 0 Å². The average molecular weight is 436 g/mol. The molecule has 0 spiro atoms. The van der Waals surface area contributed by atoms with E-state index in [1.54, 1.807) is 20.8 Å². The molecule has 0 saturated carbocycles. The number of benzene rings is 1. The van der Waals surface area contributed by atoms with Crippen LogP contribution in [0.5, 0.6) is 0 Å². The number of hydrogen-bond acceptors (Lipinski definition) is 7. The van der Waals surface area contributed by atoms with E-state index in [-0.39, 0.29) is 35.4 Å². The molecule has 0 radical (unpaired) electrons. The van der Waals surface area contributed by atoms with Gasteiger partial charge in [-0.2, -0.15) is 0 Å². The van der Waals surface area contributed by atoms with E-state index in [4.69, 9.17) is 9.47 Å². The highest BCUT2D eigenvalue weighted by Crippen LogP contribution is 2.16. The van der Waals surface area contributed by atoms with E-state index in [1.165, 1.54) is 43.5 Å². The average Bonchev–Trinajstić information content (AvgIpc) is 2.68. The van der Waals surface area contributed by atoms with Crippen LogP contribution in [0.4, 0.5) is 5.69 Å². The van der Waals surface area contributed by atoms with Crippen LogP contribution in [-0.4, -0.2) is 51.6 Å². The van der Waals surface area contributed by atoms with Crippen molar-refractivity contribution < 1.29 is 27.5 Å². The van der Waals surface area contributed by atoms with Crippen LogP contribution in [-0.2, 0) is 19.5 Å². The molecule has 0 aliphatic heterocycles. The van der Waals surface area contributed by atoms with Crippen LogP contribution in [0, 0.1) is 6.92 Å². The fourth-order valence-electron chi connectivity index (χ4n) is 2.64. The van der Waals surface area contributed by atoms with Gasteiger partial charge < -0.3 is 14.8 Å². The quantitative estimate of drug-likeness (QED) is 0.578. The molecular formula is C20H25N3O6S. The largest absolute Gasteiger partial charge is 0.462 e. The number of sulfonamides is 1. The van der Waals surface area contributed by atoms with Gasteiger partial charge in [0, 0.05) is 18.8 Å². The molecule has 10 heteroatoms. The lowest BCUT2D eigenvalue weighted by molar-refractivity contribution is 0.0524. The Bertz CT molecular complexity index is 1010. The third-order valence-electron chi connectivity index (χ3n) is 4.01. The van der Waals surface area contributed by atoms with Gasteiger partial charge in [0.2, 0.25) is 10.0 Å². The van der Waals surface area contributed by atoms with Crippen molar-refractivity contribution in [2.45, 2.75) is 31.7 Å². The molecule has 2 N–H and O–H groups in total. The van der Waals surface area contributed by atoms with Gasteiger partial charge in [-0.15, -0.1) is 0 Å². The maximum absolute atomic E-state index is 12.4. The van der Waals surface area contributed by atoms with Crippen LogP contribution in [0.15, 0.2) is 41.3 Å². The number of esters is 1. The van der Waals surface area contributed by atoms with Crippen molar-refractivity contribution in [1.82, 2.24) is 9.71 Å². The zero-order chi connectivity index (χ0) is 22.3. The van der Waals surface area contributed by atoms with E-state index in [0.717, 1.165) is 0 Å². The predicted octanol–water partition coefficient (Wildman–Crippen LogP) is 2.13. The molecule has 0 aliphatic rings. The molecule has 0 saturated heterocycles. The number of nitrogens with zero attached hydrogens (tertiary/aromatic N) is 1. The van der Waals surface area contributed by atoms with Gasteiger partial charge >= 0.3 is 5.97 Å². The number of rotatable bonds is 9. The Hall–Kier alpha value is -2.82. The number of ether oxygens (including phenoxy) is 2. The summed E-state index contributed by atoms with van der Waals surface area (Å²) in [5.74, 6) is -0.990. The summed E-state index contributed by atoms with van der Waals surface area (Å²) in [5.41, 5.74) is 1.18. The maximum atomic E-state index is 12.4. The van der Waals surface area contributed by atoms with Crippen LogP contribution in [0.2, 0.25) is 0 Å². The lowest BCUT2D eigenvalue weighted by atomic mass is 10.2. The molecule has 1 heterocycles. The Morgan fingerprint density at radius 3 is 2.37 bits per heavy atom. The summed E-state index contributed by atoms with van der Waals surface area (Å²) in [6.07, 6.45) is 0. The van der Waals surface area contributed by atoms with Crippen molar-refractivity contribution >= 4 is 27.6 Å². The lowest BCUT2D eigenvalue weighted by Crippen LogP contribution is -2.35. The van der Waals surface area contributed by atoms with Gasteiger partial charge in [0.15, 0.2) is 0 Å². The van der Waals surface area contributed by atoms with Crippen LogP contribution in [0.3, 0.4) is 0 Å². The van der Waals surface area contributed by atoms with Gasteiger partial charge in [-0.05, 0) is 57.2 Å². The minimum atomic E-state index is -3.70. The monoisotopic (exact) mass is 435 g/mol. The first-order valence-electron chi connectivity index (χ1n) is 9.25. The zero-order valence-electron chi connectivity index (χ0n) is 17.3. The van der Waals surface area contributed by atoms with E-state index >= 15 is 0 Å². The van der Waals surface area contributed by atoms with Crippen LogP contribution < -0.4 is 10.0 Å². The lowest BCUT2D eigenvalue weighted by Gasteiger charge is -2.13. The van der Waals surface area contributed by atoms with Crippen LogP contribution in [0.1, 0.15) is 40.4 Å². The smallest absolute Gasteiger partial charge is 0.339 e. The van der Waals surface area contributed by atoms with Crippen molar-refractivity contribution in [3.05, 3.63) is 53.3 Å². The van der Waals surface area contributed by atoms with Crippen LogP contribution >= 0.6 is 0 Å². The van der Waals surface area contributed by atoms with Gasteiger partial charge in [-0.3, -0.25) is 4.79 Å². The molecule has 0 fully saturated rings. The summed E-state index contributed by atoms with van der Waals surface area (Å²) < 4.78 is 37.0. The number of carbonyl (C=O) groups excluding carboxylic acids is 2. The minimum absolute atomic E-state index is 0.0659. The predicted molar refractivity (Wildman–Crippen MR) is 111 cm³/mol. The zero-order valence-corrected chi connectivity index (χ0v) is 18.1. The van der Waals surface area contributed by atoms with Gasteiger partial charge in [0.1, 0.15) is 5.69 Å². The number of pyridine rings is 1. The van der Waals surface area contributed by atoms with E-state index in [2.05, 4.69) is 15.0 Å². The van der Waals surface area contributed by atoms with Gasteiger partial charge in [-0.1, -0.05) is 0 Å². The summed E-state index contributed by atoms with van der Waals surface area (Å²) in [7, 11) is -2.21. The number of methoxy groups -OCH3 is 1. The van der Waals surface area contributed by atoms with Gasteiger partial charge in [0.05, 0.1) is 29.4 Å². The molecular weight excluding hydrogens is 410 g/mol. The number of aromatic nitrogens is 1. The summed E-state index contributed by atoms with van der Waals surface area (Å²) in [5, 5.41) is 2.65.